The van der Waals surface area contributed by atoms with Gasteiger partial charge in [0.05, 0.1) is 14.2 Å². The molecule has 0 spiro atoms. The van der Waals surface area contributed by atoms with E-state index in [1.165, 1.54) is 20.3 Å². The highest BCUT2D eigenvalue weighted by Crippen LogP contribution is 2.32. The van der Waals surface area contributed by atoms with Gasteiger partial charge in [-0.3, -0.25) is 0 Å². The summed E-state index contributed by atoms with van der Waals surface area (Å²) in [5, 5.41) is 9.01. The fourth-order valence-corrected chi connectivity index (χ4v) is 1.43. The molecule has 1 atom stereocenters. The van der Waals surface area contributed by atoms with Gasteiger partial charge in [0.2, 0.25) is 0 Å². The lowest BCUT2D eigenvalue weighted by atomic mass is 10.00. The topological polar surface area (TPSA) is 38.7 Å². The van der Waals surface area contributed by atoms with Crippen molar-refractivity contribution in [2.75, 3.05) is 20.8 Å². The summed E-state index contributed by atoms with van der Waals surface area (Å²) in [5.74, 6) is 0.0743. The Morgan fingerprint density at radius 2 is 2.00 bits per heavy atom. The molecule has 0 aliphatic heterocycles. The second-order valence-electron chi connectivity index (χ2n) is 3.31. The number of aliphatic hydroxyl groups excluding tert-OH is 1. The molecule has 0 fully saturated rings. The van der Waals surface area contributed by atoms with E-state index < -0.39 is 5.82 Å². The smallest absolute Gasteiger partial charge is 0.134 e. The van der Waals surface area contributed by atoms with Crippen LogP contribution in [-0.4, -0.2) is 25.9 Å². The third-order valence-electron chi connectivity index (χ3n) is 2.29. The van der Waals surface area contributed by atoms with Crippen molar-refractivity contribution >= 4 is 0 Å². The third-order valence-corrected chi connectivity index (χ3v) is 2.29. The molecule has 1 aromatic rings. The zero-order chi connectivity index (χ0) is 11.4. The standard InChI is InChI=1S/C11H15FO3/c1-7(6-13)11-9(12)4-8(14-2)5-10(11)15-3/h4-5,7,13H,6H2,1-3H3. The quantitative estimate of drug-likeness (QED) is 0.832. The zero-order valence-corrected chi connectivity index (χ0v) is 9.08. The first kappa shape index (κ1) is 11.8. The molecule has 0 radical (unpaired) electrons. The Balaban J connectivity index is 3.24. The van der Waals surface area contributed by atoms with Crippen LogP contribution in [0.2, 0.25) is 0 Å². The number of ether oxygens (including phenoxy) is 2. The molecule has 0 heterocycles. The second kappa shape index (κ2) is 4.98. The molecule has 1 N–H and O–H groups in total. The van der Waals surface area contributed by atoms with E-state index in [0.29, 0.717) is 17.1 Å². The van der Waals surface area contributed by atoms with Crippen molar-refractivity contribution in [3.05, 3.63) is 23.5 Å². The highest BCUT2D eigenvalue weighted by molar-refractivity contribution is 5.43. The number of benzene rings is 1. The molecule has 0 aliphatic carbocycles. The van der Waals surface area contributed by atoms with Crippen LogP contribution < -0.4 is 9.47 Å². The minimum atomic E-state index is -0.423. The summed E-state index contributed by atoms with van der Waals surface area (Å²) < 4.78 is 23.6. The summed E-state index contributed by atoms with van der Waals surface area (Å²) in [5.41, 5.74) is 0.376. The van der Waals surface area contributed by atoms with Crippen LogP contribution in [0.4, 0.5) is 4.39 Å². The number of aliphatic hydroxyl groups is 1. The Morgan fingerprint density at radius 3 is 2.47 bits per heavy atom. The number of hydrogen-bond acceptors (Lipinski definition) is 3. The van der Waals surface area contributed by atoms with Gasteiger partial charge < -0.3 is 14.6 Å². The van der Waals surface area contributed by atoms with Crippen LogP contribution in [0.5, 0.6) is 11.5 Å². The third kappa shape index (κ3) is 2.39. The minimum absolute atomic E-state index is 0.125. The predicted molar refractivity (Wildman–Crippen MR) is 55.0 cm³/mol. The molecule has 84 valence electrons. The maximum absolute atomic E-state index is 13.7. The highest BCUT2D eigenvalue weighted by atomic mass is 19.1. The summed E-state index contributed by atoms with van der Waals surface area (Å²) in [6.07, 6.45) is 0. The lowest BCUT2D eigenvalue weighted by Gasteiger charge is -2.15. The summed E-state index contributed by atoms with van der Waals surface area (Å²) in [6.45, 7) is 1.60. The second-order valence-corrected chi connectivity index (χ2v) is 3.31. The fraction of sp³-hybridized carbons (Fsp3) is 0.455. The Kier molecular flexibility index (Phi) is 3.91. The van der Waals surface area contributed by atoms with E-state index in [0.717, 1.165) is 0 Å². The molecule has 0 aromatic heterocycles. The van der Waals surface area contributed by atoms with Gasteiger partial charge in [-0.15, -0.1) is 0 Å². The molecule has 3 nitrogen and oxygen atoms in total. The molecule has 15 heavy (non-hydrogen) atoms. The Bertz CT molecular complexity index is 339. The molecule has 4 heteroatoms. The Morgan fingerprint density at radius 1 is 1.33 bits per heavy atom. The molecule has 0 saturated heterocycles. The average molecular weight is 214 g/mol. The molecule has 0 bridgehead atoms. The van der Waals surface area contributed by atoms with Gasteiger partial charge >= 0.3 is 0 Å². The van der Waals surface area contributed by atoms with Crippen molar-refractivity contribution in [2.24, 2.45) is 0 Å². The molecular weight excluding hydrogens is 199 g/mol. The first-order chi connectivity index (χ1) is 7.13. The van der Waals surface area contributed by atoms with Crippen LogP contribution in [-0.2, 0) is 0 Å². The van der Waals surface area contributed by atoms with Crippen molar-refractivity contribution in [1.29, 1.82) is 0 Å². The molecule has 0 amide bonds. The van der Waals surface area contributed by atoms with Gasteiger partial charge in [0, 0.05) is 30.2 Å². The maximum Gasteiger partial charge on any atom is 0.134 e. The van der Waals surface area contributed by atoms with E-state index in [-0.39, 0.29) is 12.5 Å². The average Bonchev–Trinajstić information content (AvgIpc) is 2.26. The predicted octanol–water partition coefficient (Wildman–Crippen LogP) is 1.94. The van der Waals surface area contributed by atoms with E-state index >= 15 is 0 Å². The van der Waals surface area contributed by atoms with E-state index in [1.807, 2.05) is 0 Å². The molecule has 1 unspecified atom stereocenters. The summed E-state index contributed by atoms with van der Waals surface area (Å²) >= 11 is 0. The van der Waals surface area contributed by atoms with Crippen molar-refractivity contribution in [3.8, 4) is 11.5 Å². The highest BCUT2D eigenvalue weighted by Gasteiger charge is 2.17. The van der Waals surface area contributed by atoms with Crippen molar-refractivity contribution in [3.63, 3.8) is 0 Å². The number of hydrogen-bond donors (Lipinski definition) is 1. The fourth-order valence-electron chi connectivity index (χ4n) is 1.43. The summed E-state index contributed by atoms with van der Waals surface area (Å²) in [7, 11) is 2.92. The van der Waals surface area contributed by atoms with Crippen molar-refractivity contribution in [2.45, 2.75) is 12.8 Å². The molecular formula is C11H15FO3. The van der Waals surface area contributed by atoms with Crippen LogP contribution in [0.25, 0.3) is 0 Å². The van der Waals surface area contributed by atoms with Crippen molar-refractivity contribution < 1.29 is 19.0 Å². The zero-order valence-electron chi connectivity index (χ0n) is 9.08. The minimum Gasteiger partial charge on any atom is -0.497 e. The van der Waals surface area contributed by atoms with Gasteiger partial charge in [-0.25, -0.2) is 4.39 Å². The normalized spacial score (nSPS) is 12.3. The molecule has 1 rings (SSSR count). The van der Waals surface area contributed by atoms with E-state index in [9.17, 15) is 4.39 Å². The van der Waals surface area contributed by atoms with Crippen LogP contribution in [0.15, 0.2) is 12.1 Å². The van der Waals surface area contributed by atoms with Gasteiger partial charge in [-0.1, -0.05) is 6.92 Å². The monoisotopic (exact) mass is 214 g/mol. The first-order valence-corrected chi connectivity index (χ1v) is 4.66. The van der Waals surface area contributed by atoms with Crippen LogP contribution in [0, 0.1) is 5.82 Å². The van der Waals surface area contributed by atoms with Crippen LogP contribution in [0.3, 0.4) is 0 Å². The SMILES string of the molecule is COc1cc(F)c(C(C)CO)c(OC)c1. The van der Waals surface area contributed by atoms with Gasteiger partial charge in [0.1, 0.15) is 17.3 Å². The Labute approximate surface area is 88.4 Å². The van der Waals surface area contributed by atoms with E-state index in [1.54, 1.807) is 13.0 Å². The summed E-state index contributed by atoms with van der Waals surface area (Å²) in [6, 6.07) is 2.88. The molecule has 1 aromatic carbocycles. The van der Waals surface area contributed by atoms with E-state index in [2.05, 4.69) is 0 Å². The largest absolute Gasteiger partial charge is 0.497 e. The van der Waals surface area contributed by atoms with Crippen molar-refractivity contribution in [1.82, 2.24) is 0 Å². The Hall–Kier alpha value is -1.29. The first-order valence-electron chi connectivity index (χ1n) is 4.66. The van der Waals surface area contributed by atoms with Crippen LogP contribution in [0.1, 0.15) is 18.4 Å². The van der Waals surface area contributed by atoms with Gasteiger partial charge in [-0.05, 0) is 0 Å². The van der Waals surface area contributed by atoms with Gasteiger partial charge in [0.15, 0.2) is 0 Å². The van der Waals surface area contributed by atoms with Crippen LogP contribution >= 0.6 is 0 Å². The maximum atomic E-state index is 13.7. The summed E-state index contributed by atoms with van der Waals surface area (Å²) in [4.78, 5) is 0. The van der Waals surface area contributed by atoms with Gasteiger partial charge in [0.25, 0.3) is 0 Å². The lowest BCUT2D eigenvalue weighted by molar-refractivity contribution is 0.266. The number of rotatable bonds is 4. The van der Waals surface area contributed by atoms with Gasteiger partial charge in [-0.2, -0.15) is 0 Å². The number of methoxy groups -OCH3 is 2. The lowest BCUT2D eigenvalue weighted by Crippen LogP contribution is -2.05. The van der Waals surface area contributed by atoms with E-state index in [4.69, 9.17) is 14.6 Å². The molecule has 0 aliphatic rings. The number of halogens is 1. The molecule has 0 saturated carbocycles.